The van der Waals surface area contributed by atoms with Gasteiger partial charge in [0.05, 0.1) is 6.04 Å². The van der Waals surface area contributed by atoms with Crippen molar-refractivity contribution in [3.8, 4) is 5.75 Å². The molecule has 3 N–H and O–H groups in total. The second kappa shape index (κ2) is 8.58. The first-order valence-electron chi connectivity index (χ1n) is 8.75. The molecular weight excluding hydrogens is 344 g/mol. The van der Waals surface area contributed by atoms with Gasteiger partial charge in [-0.15, -0.1) is 0 Å². The summed E-state index contributed by atoms with van der Waals surface area (Å²) >= 11 is 0. The van der Waals surface area contributed by atoms with Gasteiger partial charge in [0.25, 0.3) is 0 Å². The van der Waals surface area contributed by atoms with Crippen LogP contribution >= 0.6 is 0 Å². The van der Waals surface area contributed by atoms with Gasteiger partial charge in [-0.1, -0.05) is 30.3 Å². The number of rotatable bonds is 6. The summed E-state index contributed by atoms with van der Waals surface area (Å²) in [6, 6.07) is 14.2. The van der Waals surface area contributed by atoms with Gasteiger partial charge in [0.1, 0.15) is 18.0 Å². The van der Waals surface area contributed by atoms with Gasteiger partial charge in [0.2, 0.25) is 5.91 Å². The number of nitrogens with one attached hydrogen (secondary N) is 1. The highest BCUT2D eigenvalue weighted by Crippen LogP contribution is 2.20. The first-order chi connectivity index (χ1) is 12.7. The molecule has 2 aromatic rings. The van der Waals surface area contributed by atoms with Crippen molar-refractivity contribution in [3.05, 3.63) is 65.2 Å². The van der Waals surface area contributed by atoms with E-state index in [9.17, 15) is 9.59 Å². The summed E-state index contributed by atoms with van der Waals surface area (Å²) in [5, 5.41) is 2.80. The second-order valence-corrected chi connectivity index (χ2v) is 7.25. The third-order valence-corrected chi connectivity index (χ3v) is 3.79. The van der Waals surface area contributed by atoms with Gasteiger partial charge in [0, 0.05) is 11.1 Å². The summed E-state index contributed by atoms with van der Waals surface area (Å²) in [5.74, 6) is 0.175. The minimum absolute atomic E-state index is 0.204. The fraction of sp³-hybridized carbons (Fsp3) is 0.333. The molecule has 2 rings (SSSR count). The Morgan fingerprint density at radius 2 is 1.70 bits per heavy atom. The Bertz CT molecular complexity index is 795. The lowest BCUT2D eigenvalue weighted by molar-refractivity contribution is 0.0507. The van der Waals surface area contributed by atoms with Crippen LogP contribution in [0.25, 0.3) is 0 Å². The molecule has 0 aliphatic rings. The molecule has 144 valence electrons. The van der Waals surface area contributed by atoms with Crippen LogP contribution < -0.4 is 15.8 Å². The van der Waals surface area contributed by atoms with E-state index in [1.807, 2.05) is 58.0 Å². The first-order valence-corrected chi connectivity index (χ1v) is 8.75. The molecule has 0 saturated heterocycles. The van der Waals surface area contributed by atoms with Crippen LogP contribution in [0, 0.1) is 0 Å². The van der Waals surface area contributed by atoms with Crippen molar-refractivity contribution in [1.29, 1.82) is 0 Å². The zero-order chi connectivity index (χ0) is 20.0. The van der Waals surface area contributed by atoms with E-state index in [4.69, 9.17) is 15.2 Å². The molecule has 27 heavy (non-hydrogen) atoms. The molecule has 0 saturated carbocycles. The molecular formula is C21H26N2O4. The van der Waals surface area contributed by atoms with Gasteiger partial charge < -0.3 is 20.5 Å². The molecule has 2 amide bonds. The van der Waals surface area contributed by atoms with Crippen molar-refractivity contribution in [3.63, 3.8) is 0 Å². The summed E-state index contributed by atoms with van der Waals surface area (Å²) in [5.41, 5.74) is 6.94. The molecule has 1 unspecified atom stereocenters. The summed E-state index contributed by atoms with van der Waals surface area (Å²) in [7, 11) is 0. The van der Waals surface area contributed by atoms with E-state index in [1.165, 1.54) is 0 Å². The monoisotopic (exact) mass is 370 g/mol. The Labute approximate surface area is 159 Å². The van der Waals surface area contributed by atoms with Crippen LogP contribution in [0.3, 0.4) is 0 Å². The maximum Gasteiger partial charge on any atom is 0.408 e. The molecule has 0 aliphatic carbocycles. The molecule has 1 atom stereocenters. The number of nitrogens with two attached hydrogens (primary N) is 1. The van der Waals surface area contributed by atoms with Crippen LogP contribution in [-0.4, -0.2) is 17.6 Å². The predicted octanol–water partition coefficient (Wildman–Crippen LogP) is 3.95. The smallest absolute Gasteiger partial charge is 0.408 e. The van der Waals surface area contributed by atoms with E-state index in [1.54, 1.807) is 18.2 Å². The number of alkyl carbamates (subject to hydrolysis) is 1. The van der Waals surface area contributed by atoms with E-state index in [2.05, 4.69) is 5.32 Å². The van der Waals surface area contributed by atoms with Gasteiger partial charge in [-0.2, -0.15) is 0 Å². The quantitative estimate of drug-likeness (QED) is 0.805. The molecule has 2 aromatic carbocycles. The van der Waals surface area contributed by atoms with Crippen molar-refractivity contribution in [1.82, 2.24) is 5.32 Å². The average Bonchev–Trinajstić information content (AvgIpc) is 2.58. The molecule has 0 aliphatic heterocycles. The number of carbonyl (C=O) groups excluding carboxylic acids is 2. The van der Waals surface area contributed by atoms with Crippen LogP contribution in [0.4, 0.5) is 4.79 Å². The summed E-state index contributed by atoms with van der Waals surface area (Å²) in [6.07, 6.45) is -0.460. The maximum atomic E-state index is 11.9. The van der Waals surface area contributed by atoms with E-state index in [-0.39, 0.29) is 12.6 Å². The molecule has 0 radical (unpaired) electrons. The van der Waals surface area contributed by atoms with Gasteiger partial charge in [-0.25, -0.2) is 4.79 Å². The number of ether oxygens (including phenoxy) is 2. The van der Waals surface area contributed by atoms with Crippen LogP contribution in [0.1, 0.15) is 55.2 Å². The highest BCUT2D eigenvalue weighted by atomic mass is 16.6. The number of hydrogen-bond donors (Lipinski definition) is 2. The lowest BCUT2D eigenvalue weighted by Gasteiger charge is -2.22. The zero-order valence-corrected chi connectivity index (χ0v) is 16.1. The highest BCUT2D eigenvalue weighted by molar-refractivity contribution is 5.94. The number of primary amides is 1. The molecule has 6 heteroatoms. The maximum absolute atomic E-state index is 11.9. The van der Waals surface area contributed by atoms with Crippen LogP contribution in [0.5, 0.6) is 5.75 Å². The molecule has 0 heterocycles. The standard InChI is InChI=1S/C21H26N2O4/c1-14(23-20(25)27-21(2,3)4)15-9-11-17(12-10-15)26-13-16-7-5-6-8-18(16)19(22)24/h5-12,14H,13H2,1-4H3,(H2,22,24)(H,23,25). The summed E-state index contributed by atoms with van der Waals surface area (Å²) < 4.78 is 11.0. The van der Waals surface area contributed by atoms with Crippen LogP contribution in [0.15, 0.2) is 48.5 Å². The van der Waals surface area contributed by atoms with E-state index in [0.29, 0.717) is 11.3 Å². The van der Waals surface area contributed by atoms with Crippen molar-refractivity contribution in [2.75, 3.05) is 0 Å². The van der Waals surface area contributed by atoms with Gasteiger partial charge in [-0.05, 0) is 51.5 Å². The molecule has 0 spiro atoms. The second-order valence-electron chi connectivity index (χ2n) is 7.25. The molecule has 0 aromatic heterocycles. The third-order valence-electron chi connectivity index (χ3n) is 3.79. The van der Waals surface area contributed by atoms with Gasteiger partial charge in [0.15, 0.2) is 0 Å². The van der Waals surface area contributed by atoms with Crippen LogP contribution in [0.2, 0.25) is 0 Å². The molecule has 6 nitrogen and oxygen atoms in total. The number of hydrogen-bond acceptors (Lipinski definition) is 4. The van der Waals surface area contributed by atoms with Crippen molar-refractivity contribution in [2.45, 2.75) is 45.9 Å². The lowest BCUT2D eigenvalue weighted by atomic mass is 10.1. The van der Waals surface area contributed by atoms with E-state index >= 15 is 0 Å². The number of amides is 2. The third kappa shape index (κ3) is 6.33. The Hall–Kier alpha value is -3.02. The lowest BCUT2D eigenvalue weighted by Crippen LogP contribution is -2.34. The van der Waals surface area contributed by atoms with Gasteiger partial charge >= 0.3 is 6.09 Å². The minimum atomic E-state index is -0.539. The number of benzene rings is 2. The Kier molecular flexibility index (Phi) is 6.45. The van der Waals surface area contributed by atoms with Crippen molar-refractivity contribution >= 4 is 12.0 Å². The van der Waals surface area contributed by atoms with Crippen molar-refractivity contribution < 1.29 is 19.1 Å². The largest absolute Gasteiger partial charge is 0.489 e. The number of carbonyl (C=O) groups is 2. The van der Waals surface area contributed by atoms with E-state index < -0.39 is 17.6 Å². The topological polar surface area (TPSA) is 90.7 Å². The highest BCUT2D eigenvalue weighted by Gasteiger charge is 2.18. The van der Waals surface area contributed by atoms with Gasteiger partial charge in [-0.3, -0.25) is 4.79 Å². The Morgan fingerprint density at radius 3 is 2.30 bits per heavy atom. The Morgan fingerprint density at radius 1 is 1.07 bits per heavy atom. The molecule has 0 fully saturated rings. The summed E-state index contributed by atoms with van der Waals surface area (Å²) in [4.78, 5) is 23.3. The van der Waals surface area contributed by atoms with Crippen molar-refractivity contribution in [2.24, 2.45) is 5.73 Å². The molecule has 0 bridgehead atoms. The SMILES string of the molecule is CC(NC(=O)OC(C)(C)C)c1ccc(OCc2ccccc2C(N)=O)cc1. The zero-order valence-electron chi connectivity index (χ0n) is 16.1. The van der Waals surface area contributed by atoms with E-state index in [0.717, 1.165) is 11.1 Å². The summed E-state index contributed by atoms with van der Waals surface area (Å²) in [6.45, 7) is 7.58. The normalized spacial score (nSPS) is 12.1. The minimum Gasteiger partial charge on any atom is -0.489 e. The average molecular weight is 370 g/mol. The van der Waals surface area contributed by atoms with Crippen LogP contribution in [-0.2, 0) is 11.3 Å². The first kappa shape index (κ1) is 20.3. The Balaban J connectivity index is 1.95. The fourth-order valence-corrected chi connectivity index (χ4v) is 2.47. The fourth-order valence-electron chi connectivity index (χ4n) is 2.47. The predicted molar refractivity (Wildman–Crippen MR) is 104 cm³/mol.